The van der Waals surface area contributed by atoms with Gasteiger partial charge in [-0.2, -0.15) is 0 Å². The third-order valence-electron chi connectivity index (χ3n) is 2.60. The molecule has 0 spiro atoms. The summed E-state index contributed by atoms with van der Waals surface area (Å²) in [7, 11) is -0.601. The molecule has 0 aromatic carbocycles. The van der Waals surface area contributed by atoms with Gasteiger partial charge in [-0.25, -0.2) is 22.9 Å². The first kappa shape index (κ1) is 15.5. The Morgan fingerprint density at radius 3 is 2.86 bits per heavy atom. The van der Waals surface area contributed by atoms with Gasteiger partial charge >= 0.3 is 6.03 Å². The average Bonchev–Trinajstić information content (AvgIpc) is 2.93. The predicted molar refractivity (Wildman–Crippen MR) is 79.8 cm³/mol. The lowest BCUT2D eigenvalue weighted by Gasteiger charge is -2.12. The van der Waals surface area contributed by atoms with E-state index in [1.165, 1.54) is 20.6 Å². The van der Waals surface area contributed by atoms with Crippen LogP contribution in [0, 0.1) is 0 Å². The van der Waals surface area contributed by atoms with E-state index >= 15 is 0 Å². The number of hydrogen-bond donors (Lipinski definition) is 3. The molecular formula is C10H16N6O3S2. The van der Waals surface area contributed by atoms with Gasteiger partial charge in [-0.3, -0.25) is 4.40 Å². The molecule has 2 amide bonds. The number of amides is 2. The number of nitrogens with two attached hydrogens (primary N) is 1. The van der Waals surface area contributed by atoms with Crippen molar-refractivity contribution in [3.8, 4) is 0 Å². The highest BCUT2D eigenvalue weighted by atomic mass is 32.2. The Kier molecular flexibility index (Phi) is 4.34. The summed E-state index contributed by atoms with van der Waals surface area (Å²) in [6.45, 7) is 0.223. The number of hydrogen-bond acceptors (Lipinski definition) is 6. The van der Waals surface area contributed by atoms with E-state index in [1.54, 1.807) is 25.7 Å². The highest BCUT2D eigenvalue weighted by molar-refractivity contribution is 7.89. The van der Waals surface area contributed by atoms with Gasteiger partial charge in [0.25, 0.3) is 10.0 Å². The summed E-state index contributed by atoms with van der Waals surface area (Å²) in [5.41, 5.74) is 5.66. The minimum atomic E-state index is -3.80. The summed E-state index contributed by atoms with van der Waals surface area (Å²) in [6.07, 6.45) is 1.59. The highest BCUT2D eigenvalue weighted by Gasteiger charge is 2.24. The Hall–Kier alpha value is -1.85. The molecule has 2 rings (SSSR count). The number of carbonyl (C=O) groups excluding carboxylic acids is 1. The molecule has 0 unspecified atom stereocenters. The number of urea groups is 1. The van der Waals surface area contributed by atoms with Crippen molar-refractivity contribution in [2.75, 3.05) is 32.9 Å². The fraction of sp³-hybridized carbons (Fsp3) is 0.400. The van der Waals surface area contributed by atoms with Gasteiger partial charge in [-0.15, -0.1) is 11.3 Å². The summed E-state index contributed by atoms with van der Waals surface area (Å²) in [5, 5.41) is 4.19. The van der Waals surface area contributed by atoms with Crippen LogP contribution in [0.5, 0.6) is 0 Å². The topological polar surface area (TPSA) is 122 Å². The fourth-order valence-corrected chi connectivity index (χ4v) is 3.64. The number of carbonyl (C=O) groups is 1. The van der Waals surface area contributed by atoms with Crippen LogP contribution in [-0.2, 0) is 10.0 Å². The van der Waals surface area contributed by atoms with E-state index in [2.05, 4.69) is 15.0 Å². The zero-order chi connectivity index (χ0) is 15.6. The van der Waals surface area contributed by atoms with Crippen molar-refractivity contribution in [3.63, 3.8) is 0 Å². The van der Waals surface area contributed by atoms with Crippen LogP contribution >= 0.6 is 11.3 Å². The number of imidazole rings is 1. The Bertz CT molecular complexity index is 748. The van der Waals surface area contributed by atoms with Crippen LogP contribution in [0.2, 0.25) is 0 Å². The van der Waals surface area contributed by atoms with Crippen LogP contribution in [0.15, 0.2) is 16.6 Å². The average molecular weight is 332 g/mol. The molecular weight excluding hydrogens is 316 g/mol. The number of nitrogens with one attached hydrogen (secondary N) is 2. The maximum Gasteiger partial charge on any atom is 0.316 e. The van der Waals surface area contributed by atoms with Crippen molar-refractivity contribution >= 4 is 38.2 Å². The number of thiazole rings is 1. The summed E-state index contributed by atoms with van der Waals surface area (Å²) in [4.78, 5) is 17.1. The molecule has 0 fully saturated rings. The van der Waals surface area contributed by atoms with Crippen molar-refractivity contribution in [2.45, 2.75) is 5.03 Å². The van der Waals surface area contributed by atoms with E-state index in [4.69, 9.17) is 5.73 Å². The SMILES string of the molecule is CN(C)C(=O)NCCNS(=O)(=O)c1c(N)nc2sccn12. The standard InChI is InChI=1S/C10H16N6O3S2/c1-15(2)9(17)12-3-4-13-21(18,19)8-7(11)14-10-16(8)5-6-20-10/h5-6,13H,3-4,11H2,1-2H3,(H,12,17). The van der Waals surface area contributed by atoms with E-state index in [0.717, 1.165) is 0 Å². The molecule has 0 aliphatic rings. The fourth-order valence-electron chi connectivity index (χ4n) is 1.63. The zero-order valence-electron chi connectivity index (χ0n) is 11.5. The second-order valence-corrected chi connectivity index (χ2v) is 6.94. The predicted octanol–water partition coefficient (Wildman–Crippen LogP) is -0.472. The monoisotopic (exact) mass is 332 g/mol. The van der Waals surface area contributed by atoms with Crippen molar-refractivity contribution in [3.05, 3.63) is 11.6 Å². The number of nitrogen functional groups attached to an aromatic ring is 1. The van der Waals surface area contributed by atoms with E-state index < -0.39 is 10.0 Å². The number of sulfonamides is 1. The van der Waals surface area contributed by atoms with E-state index in [-0.39, 0.29) is 30.0 Å². The van der Waals surface area contributed by atoms with Gasteiger partial charge in [0.1, 0.15) is 0 Å². The van der Waals surface area contributed by atoms with E-state index in [1.807, 2.05) is 0 Å². The molecule has 21 heavy (non-hydrogen) atoms. The third-order valence-corrected chi connectivity index (χ3v) is 4.85. The van der Waals surface area contributed by atoms with Gasteiger partial charge in [0, 0.05) is 38.8 Å². The molecule has 11 heteroatoms. The quantitative estimate of drug-likeness (QED) is 0.639. The van der Waals surface area contributed by atoms with Crippen molar-refractivity contribution in [1.82, 2.24) is 24.3 Å². The first-order valence-corrected chi connectivity index (χ1v) is 8.35. The second kappa shape index (κ2) is 5.87. The number of anilines is 1. The molecule has 2 aromatic heterocycles. The van der Waals surface area contributed by atoms with E-state index in [9.17, 15) is 13.2 Å². The zero-order valence-corrected chi connectivity index (χ0v) is 13.2. The molecule has 2 aromatic rings. The lowest BCUT2D eigenvalue weighted by atomic mass is 10.6. The van der Waals surface area contributed by atoms with Gasteiger partial charge in [0.05, 0.1) is 0 Å². The summed E-state index contributed by atoms with van der Waals surface area (Å²) < 4.78 is 28.3. The Morgan fingerprint density at radius 2 is 2.19 bits per heavy atom. The van der Waals surface area contributed by atoms with Crippen LogP contribution in [-0.4, -0.2) is 55.9 Å². The van der Waals surface area contributed by atoms with Crippen LogP contribution in [0.1, 0.15) is 0 Å². The van der Waals surface area contributed by atoms with Gasteiger partial charge in [-0.1, -0.05) is 0 Å². The minimum absolute atomic E-state index is 0.0494. The van der Waals surface area contributed by atoms with Gasteiger partial charge in [0.2, 0.25) is 0 Å². The van der Waals surface area contributed by atoms with Crippen LogP contribution in [0.3, 0.4) is 0 Å². The molecule has 4 N–H and O–H groups in total. The lowest BCUT2D eigenvalue weighted by molar-refractivity contribution is 0.217. The summed E-state index contributed by atoms with van der Waals surface area (Å²) >= 11 is 1.29. The minimum Gasteiger partial charge on any atom is -0.381 e. The molecule has 116 valence electrons. The summed E-state index contributed by atoms with van der Waals surface area (Å²) in [5.74, 6) is -0.0494. The Labute approximate surface area is 125 Å². The Morgan fingerprint density at radius 1 is 1.48 bits per heavy atom. The first-order valence-electron chi connectivity index (χ1n) is 5.99. The molecule has 9 nitrogen and oxygen atoms in total. The molecule has 0 atom stereocenters. The van der Waals surface area contributed by atoms with Crippen molar-refractivity contribution in [2.24, 2.45) is 0 Å². The molecule has 0 radical (unpaired) electrons. The van der Waals surface area contributed by atoms with Gasteiger partial charge in [-0.05, 0) is 0 Å². The number of rotatable bonds is 5. The maximum atomic E-state index is 12.2. The normalized spacial score (nSPS) is 11.7. The number of nitrogens with zero attached hydrogens (tertiary/aromatic N) is 3. The second-order valence-electron chi connectivity index (χ2n) is 4.38. The van der Waals surface area contributed by atoms with Gasteiger partial charge < -0.3 is 16.0 Å². The number of fused-ring (bicyclic) bond motifs is 1. The number of aromatic nitrogens is 2. The smallest absolute Gasteiger partial charge is 0.316 e. The van der Waals surface area contributed by atoms with Crippen molar-refractivity contribution in [1.29, 1.82) is 0 Å². The van der Waals surface area contributed by atoms with Crippen molar-refractivity contribution < 1.29 is 13.2 Å². The van der Waals surface area contributed by atoms with Crippen LogP contribution < -0.4 is 15.8 Å². The largest absolute Gasteiger partial charge is 0.381 e. The highest BCUT2D eigenvalue weighted by Crippen LogP contribution is 2.22. The first-order chi connectivity index (χ1) is 9.83. The Balaban J connectivity index is 2.04. The lowest BCUT2D eigenvalue weighted by Crippen LogP contribution is -2.39. The van der Waals surface area contributed by atoms with Gasteiger partial charge in [0.15, 0.2) is 15.8 Å². The maximum absolute atomic E-state index is 12.2. The molecule has 0 aliphatic heterocycles. The molecule has 0 aliphatic carbocycles. The molecule has 2 heterocycles. The summed E-state index contributed by atoms with van der Waals surface area (Å²) in [6, 6.07) is -0.293. The molecule has 0 saturated carbocycles. The van der Waals surface area contributed by atoms with Crippen LogP contribution in [0.4, 0.5) is 10.6 Å². The van der Waals surface area contributed by atoms with Crippen LogP contribution in [0.25, 0.3) is 4.96 Å². The molecule has 0 saturated heterocycles. The molecule has 0 bridgehead atoms. The van der Waals surface area contributed by atoms with E-state index in [0.29, 0.717) is 4.96 Å². The third kappa shape index (κ3) is 3.25.